The number of hydrogen-bond donors (Lipinski definition) is 0. The first-order valence-corrected chi connectivity index (χ1v) is 5.63. The maximum Gasteiger partial charge on any atom is 0.221 e. The van der Waals surface area contributed by atoms with Gasteiger partial charge >= 0.3 is 0 Å². The molecule has 2 aromatic rings. The normalized spacial score (nSPS) is 14.9. The van der Waals surface area contributed by atoms with E-state index in [1.165, 1.54) is 16.3 Å². The summed E-state index contributed by atoms with van der Waals surface area (Å²) in [4.78, 5) is 4.33. The molecule has 3 rings (SSSR count). The van der Waals surface area contributed by atoms with Crippen LogP contribution in [0.15, 0.2) is 53.7 Å². The molecule has 0 N–H and O–H groups in total. The molecule has 0 bridgehead atoms. The van der Waals surface area contributed by atoms with E-state index in [1.807, 2.05) is 12.1 Å². The molecule has 1 aliphatic heterocycles. The molecule has 0 amide bonds. The molecule has 2 heteroatoms. The Labute approximate surface area is 100 Å². The van der Waals surface area contributed by atoms with Gasteiger partial charge in [0.25, 0.3) is 0 Å². The largest absolute Gasteiger partial charge is 0.471 e. The minimum Gasteiger partial charge on any atom is -0.471 e. The van der Waals surface area contributed by atoms with Crippen LogP contribution in [0.3, 0.4) is 0 Å². The summed E-state index contributed by atoms with van der Waals surface area (Å²) in [6.45, 7) is 6.39. The number of ether oxygens (including phenoxy) is 1. The fraction of sp³-hybridized carbons (Fsp3) is 0.133. The molecule has 0 atom stereocenters. The Bertz CT molecular complexity index is 640. The smallest absolute Gasteiger partial charge is 0.221 e. The monoisotopic (exact) mass is 223 g/mol. The second kappa shape index (κ2) is 3.74. The van der Waals surface area contributed by atoms with Gasteiger partial charge in [-0.15, -0.1) is 0 Å². The topological polar surface area (TPSA) is 21.6 Å². The number of benzene rings is 2. The number of rotatable bonds is 1. The van der Waals surface area contributed by atoms with Gasteiger partial charge in [-0.1, -0.05) is 36.9 Å². The van der Waals surface area contributed by atoms with Crippen molar-refractivity contribution in [2.75, 3.05) is 6.61 Å². The van der Waals surface area contributed by atoms with Gasteiger partial charge in [0.1, 0.15) is 6.61 Å². The van der Waals surface area contributed by atoms with Crippen molar-refractivity contribution < 1.29 is 4.74 Å². The second-order valence-corrected chi connectivity index (χ2v) is 4.29. The van der Waals surface area contributed by atoms with Gasteiger partial charge in [-0.3, -0.25) is 0 Å². The quantitative estimate of drug-likeness (QED) is 0.725. The SMILES string of the molecule is C=C1COC(c2cc3ccccc3cc2C)=N1. The first kappa shape index (κ1) is 10.1. The predicted molar refractivity (Wildman–Crippen MR) is 70.3 cm³/mol. The summed E-state index contributed by atoms with van der Waals surface area (Å²) in [6.07, 6.45) is 0. The zero-order valence-electron chi connectivity index (χ0n) is 9.73. The summed E-state index contributed by atoms with van der Waals surface area (Å²) in [5.41, 5.74) is 3.02. The third-order valence-corrected chi connectivity index (χ3v) is 2.96. The fourth-order valence-electron chi connectivity index (χ4n) is 2.08. The zero-order valence-corrected chi connectivity index (χ0v) is 9.73. The Balaban J connectivity index is 2.20. The van der Waals surface area contributed by atoms with Crippen LogP contribution in [0, 0.1) is 6.92 Å². The fourth-order valence-corrected chi connectivity index (χ4v) is 2.08. The highest BCUT2D eigenvalue weighted by molar-refractivity contribution is 6.01. The van der Waals surface area contributed by atoms with E-state index < -0.39 is 0 Å². The van der Waals surface area contributed by atoms with Gasteiger partial charge in [0, 0.05) is 5.56 Å². The first-order chi connectivity index (χ1) is 8.24. The van der Waals surface area contributed by atoms with E-state index in [4.69, 9.17) is 4.74 Å². The Morgan fingerprint density at radius 1 is 1.18 bits per heavy atom. The highest BCUT2D eigenvalue weighted by atomic mass is 16.5. The summed E-state index contributed by atoms with van der Waals surface area (Å²) >= 11 is 0. The molecule has 1 aliphatic rings. The summed E-state index contributed by atoms with van der Waals surface area (Å²) in [5.74, 6) is 0.693. The van der Waals surface area contributed by atoms with E-state index >= 15 is 0 Å². The molecule has 1 heterocycles. The standard InChI is InChI=1S/C15H13NO/c1-10-7-12-5-3-4-6-13(12)8-14(10)15-16-11(2)9-17-15/h3-8H,2,9H2,1H3. The van der Waals surface area contributed by atoms with Crippen LogP contribution in [0.5, 0.6) is 0 Å². The van der Waals surface area contributed by atoms with Gasteiger partial charge in [-0.2, -0.15) is 0 Å². The van der Waals surface area contributed by atoms with Crippen LogP contribution < -0.4 is 0 Å². The summed E-state index contributed by atoms with van der Waals surface area (Å²) in [7, 11) is 0. The van der Waals surface area contributed by atoms with E-state index in [9.17, 15) is 0 Å². The van der Waals surface area contributed by atoms with Crippen molar-refractivity contribution in [1.29, 1.82) is 0 Å². The third kappa shape index (κ3) is 1.72. The summed E-state index contributed by atoms with van der Waals surface area (Å²) in [5, 5.41) is 2.45. The summed E-state index contributed by atoms with van der Waals surface area (Å²) in [6, 6.07) is 12.6. The molecule has 17 heavy (non-hydrogen) atoms. The van der Waals surface area contributed by atoms with Gasteiger partial charge in [-0.05, 0) is 29.3 Å². The van der Waals surface area contributed by atoms with E-state index in [2.05, 4.69) is 42.8 Å². The van der Waals surface area contributed by atoms with Crippen molar-refractivity contribution in [1.82, 2.24) is 0 Å². The minimum atomic E-state index is 0.502. The van der Waals surface area contributed by atoms with Crippen LogP contribution in [0.1, 0.15) is 11.1 Å². The highest BCUT2D eigenvalue weighted by Crippen LogP contribution is 2.23. The second-order valence-electron chi connectivity index (χ2n) is 4.29. The lowest BCUT2D eigenvalue weighted by atomic mass is 10.0. The molecule has 0 aromatic heterocycles. The Kier molecular flexibility index (Phi) is 2.22. The van der Waals surface area contributed by atoms with Crippen LogP contribution in [-0.2, 0) is 4.74 Å². The van der Waals surface area contributed by atoms with E-state index in [1.54, 1.807) is 0 Å². The zero-order chi connectivity index (χ0) is 11.8. The third-order valence-electron chi connectivity index (χ3n) is 2.96. The van der Waals surface area contributed by atoms with Crippen molar-refractivity contribution in [3.8, 4) is 0 Å². The van der Waals surface area contributed by atoms with Crippen LogP contribution in [-0.4, -0.2) is 12.5 Å². The lowest BCUT2D eigenvalue weighted by Gasteiger charge is -2.07. The molecule has 0 aliphatic carbocycles. The van der Waals surface area contributed by atoms with Gasteiger partial charge in [0.05, 0.1) is 5.70 Å². The highest BCUT2D eigenvalue weighted by Gasteiger charge is 2.15. The maximum absolute atomic E-state index is 5.53. The molecular formula is C15H13NO. The lowest BCUT2D eigenvalue weighted by molar-refractivity contribution is 0.364. The molecule has 2 nitrogen and oxygen atoms in total. The average Bonchev–Trinajstić information content (AvgIpc) is 2.75. The number of nitrogens with zero attached hydrogens (tertiary/aromatic N) is 1. The Morgan fingerprint density at radius 3 is 2.53 bits per heavy atom. The minimum absolute atomic E-state index is 0.502. The van der Waals surface area contributed by atoms with Crippen LogP contribution in [0.25, 0.3) is 10.8 Å². The van der Waals surface area contributed by atoms with E-state index in [0.717, 1.165) is 11.3 Å². The number of aryl methyl sites for hydroxylation is 1. The van der Waals surface area contributed by atoms with Crippen molar-refractivity contribution in [3.05, 3.63) is 59.8 Å². The van der Waals surface area contributed by atoms with Gasteiger partial charge in [-0.25, -0.2) is 4.99 Å². The molecule has 0 saturated heterocycles. The van der Waals surface area contributed by atoms with Crippen LogP contribution in [0.4, 0.5) is 0 Å². The number of hydrogen-bond acceptors (Lipinski definition) is 2. The van der Waals surface area contributed by atoms with Gasteiger partial charge in [0.15, 0.2) is 0 Å². The van der Waals surface area contributed by atoms with Gasteiger partial charge < -0.3 is 4.74 Å². The number of aliphatic imine (C=N–C) groups is 1. The van der Waals surface area contributed by atoms with Crippen molar-refractivity contribution in [3.63, 3.8) is 0 Å². The first-order valence-electron chi connectivity index (χ1n) is 5.63. The molecule has 0 unspecified atom stereocenters. The molecule has 0 saturated carbocycles. The average molecular weight is 223 g/mol. The summed E-state index contributed by atoms with van der Waals surface area (Å²) < 4.78 is 5.53. The molecule has 2 aromatic carbocycles. The molecule has 0 radical (unpaired) electrons. The molecule has 0 fully saturated rings. The van der Waals surface area contributed by atoms with Crippen molar-refractivity contribution in [2.24, 2.45) is 4.99 Å². The molecule has 0 spiro atoms. The number of fused-ring (bicyclic) bond motifs is 1. The van der Waals surface area contributed by atoms with Gasteiger partial charge in [0.2, 0.25) is 5.90 Å². The Morgan fingerprint density at radius 2 is 1.88 bits per heavy atom. The van der Waals surface area contributed by atoms with Crippen LogP contribution in [0.2, 0.25) is 0 Å². The van der Waals surface area contributed by atoms with Crippen LogP contribution >= 0.6 is 0 Å². The molecule has 84 valence electrons. The van der Waals surface area contributed by atoms with Crippen molar-refractivity contribution >= 4 is 16.7 Å². The Hall–Kier alpha value is -2.09. The maximum atomic E-state index is 5.53. The predicted octanol–water partition coefficient (Wildman–Crippen LogP) is 3.44. The van der Waals surface area contributed by atoms with Crippen molar-refractivity contribution in [2.45, 2.75) is 6.92 Å². The van der Waals surface area contributed by atoms with E-state index in [-0.39, 0.29) is 0 Å². The molecular weight excluding hydrogens is 210 g/mol. The lowest BCUT2D eigenvalue weighted by Crippen LogP contribution is -2.03. The van der Waals surface area contributed by atoms with E-state index in [0.29, 0.717) is 12.5 Å².